The van der Waals surface area contributed by atoms with Crippen molar-refractivity contribution in [2.45, 2.75) is 29.5 Å². The zero-order valence-corrected chi connectivity index (χ0v) is 26.8. The molecule has 10 heteroatoms. The summed E-state index contributed by atoms with van der Waals surface area (Å²) < 4.78 is 17.8. The first-order chi connectivity index (χ1) is 21.4. The number of fused-ring (bicyclic) bond motifs is 1. The first-order valence-corrected chi connectivity index (χ1v) is 17.9. The summed E-state index contributed by atoms with van der Waals surface area (Å²) in [4.78, 5) is 29.2. The highest BCUT2D eigenvalue weighted by Gasteiger charge is 2.48. The van der Waals surface area contributed by atoms with Crippen LogP contribution in [0, 0.1) is 5.92 Å². The highest BCUT2D eigenvalue weighted by molar-refractivity contribution is 8.19. The predicted octanol–water partition coefficient (Wildman–Crippen LogP) is 6.53. The van der Waals surface area contributed by atoms with Gasteiger partial charge in [-0.15, -0.1) is 0 Å². The van der Waals surface area contributed by atoms with Gasteiger partial charge in [0, 0.05) is 37.9 Å². The fourth-order valence-electron chi connectivity index (χ4n) is 6.17. The van der Waals surface area contributed by atoms with Crippen LogP contribution >= 0.6 is 11.6 Å². The van der Waals surface area contributed by atoms with Gasteiger partial charge in [-0.1, -0.05) is 82.2 Å². The van der Waals surface area contributed by atoms with Crippen molar-refractivity contribution in [3.63, 3.8) is 0 Å². The summed E-state index contributed by atoms with van der Waals surface area (Å²) in [6, 6.07) is 18.8. The molecule has 0 amide bonds. The van der Waals surface area contributed by atoms with Crippen LogP contribution in [0.2, 0.25) is 0 Å². The van der Waals surface area contributed by atoms with E-state index in [9.17, 15) is 9.00 Å². The Balaban J connectivity index is 1.40. The number of pyridine rings is 1. The molecule has 2 aliphatic carbocycles. The molecule has 0 spiro atoms. The molecule has 45 heavy (non-hydrogen) atoms. The minimum Gasteiger partial charge on any atom is -0.397 e. The van der Waals surface area contributed by atoms with Gasteiger partial charge in [0.25, 0.3) is 5.56 Å². The third-order valence-corrected chi connectivity index (χ3v) is 13.0. The molecule has 3 atom stereocenters. The van der Waals surface area contributed by atoms with Crippen molar-refractivity contribution >= 4 is 37.5 Å². The van der Waals surface area contributed by atoms with E-state index in [0.29, 0.717) is 22.2 Å². The molecule has 7 rings (SSSR count). The number of anilines is 1. The molecule has 0 radical (unpaired) electrons. The van der Waals surface area contributed by atoms with Crippen LogP contribution < -0.4 is 11.3 Å². The molecular formula is C35H33ClN6O2S. The Bertz CT molecular complexity index is 2210. The molecule has 3 aromatic heterocycles. The molecule has 1 saturated carbocycles. The number of aromatic nitrogens is 5. The Morgan fingerprint density at radius 3 is 2.44 bits per heavy atom. The van der Waals surface area contributed by atoms with Gasteiger partial charge >= 0.3 is 0 Å². The molecule has 2 aromatic carbocycles. The number of allylic oxidation sites excluding steroid dienone is 4. The van der Waals surface area contributed by atoms with E-state index >= 15 is 0 Å². The van der Waals surface area contributed by atoms with Crippen LogP contribution in [-0.4, -0.2) is 46.1 Å². The standard InChI is InChI=1S/C35H33ClN6O2S/c1-21-16-25(36)12-15-30(21)42-33(24-10-8-23(9-11-24)29-14-13-26(37)19-38-29)40-34-32(35(42)43)39-20-41(34)27-6-5-7-28(18-27)45(3,4,44)31-17-22(31)2/h5-16,18-21,30-31H,2,17,37H2,1,3-4H3. The quantitative estimate of drug-likeness (QED) is 0.212. The van der Waals surface area contributed by atoms with E-state index in [2.05, 4.69) is 16.5 Å². The SMILES string of the molecule is C=C1CC1S(C)(C)(=O)c1cccc(-n2cnc3c(=O)n(C4C=CC(Cl)=CC4C)c(-c4ccc(-c5ccc(N)cn5)cc4)nc32)c1. The molecule has 0 saturated heterocycles. The molecule has 3 unspecified atom stereocenters. The molecule has 8 nitrogen and oxygen atoms in total. The fourth-order valence-corrected chi connectivity index (χ4v) is 9.40. The lowest BCUT2D eigenvalue weighted by Gasteiger charge is -2.34. The van der Waals surface area contributed by atoms with E-state index in [-0.39, 0.29) is 28.3 Å². The summed E-state index contributed by atoms with van der Waals surface area (Å²) in [5.74, 6) is 0.434. The average Bonchev–Trinajstić information content (AvgIpc) is 3.63. The van der Waals surface area contributed by atoms with Crippen molar-refractivity contribution < 1.29 is 4.21 Å². The van der Waals surface area contributed by atoms with Crippen molar-refractivity contribution in [2.24, 2.45) is 5.92 Å². The van der Waals surface area contributed by atoms with Gasteiger partial charge in [-0.2, -0.15) is 0 Å². The Kier molecular flexibility index (Phi) is 6.62. The number of imidazole rings is 1. The minimum atomic E-state index is -3.18. The highest BCUT2D eigenvalue weighted by Crippen LogP contribution is 2.50. The van der Waals surface area contributed by atoms with Crippen LogP contribution in [0.5, 0.6) is 0 Å². The zero-order chi connectivity index (χ0) is 31.7. The third kappa shape index (κ3) is 4.96. The van der Waals surface area contributed by atoms with Gasteiger partial charge in [-0.05, 0) is 55.3 Å². The van der Waals surface area contributed by atoms with Crippen LogP contribution in [0.25, 0.3) is 39.5 Å². The monoisotopic (exact) mass is 636 g/mol. The van der Waals surface area contributed by atoms with Crippen LogP contribution in [0.3, 0.4) is 0 Å². The van der Waals surface area contributed by atoms with Crippen LogP contribution in [0.4, 0.5) is 5.69 Å². The summed E-state index contributed by atoms with van der Waals surface area (Å²) in [5.41, 5.74) is 11.0. The molecule has 228 valence electrons. The lowest BCUT2D eigenvalue weighted by Crippen LogP contribution is -2.35. The first kappa shape index (κ1) is 29.1. The number of hydrogen-bond acceptors (Lipinski definition) is 6. The van der Waals surface area contributed by atoms with Gasteiger partial charge in [0.15, 0.2) is 11.2 Å². The first-order valence-electron chi connectivity index (χ1n) is 14.7. The molecular weight excluding hydrogens is 604 g/mol. The van der Waals surface area contributed by atoms with Crippen molar-refractivity contribution in [1.82, 2.24) is 24.1 Å². The van der Waals surface area contributed by atoms with Crippen molar-refractivity contribution in [3.8, 4) is 28.3 Å². The summed E-state index contributed by atoms with van der Waals surface area (Å²) in [6.07, 6.45) is 13.4. The second-order valence-corrected chi connectivity index (χ2v) is 17.8. The van der Waals surface area contributed by atoms with E-state index in [0.717, 1.165) is 39.4 Å². The van der Waals surface area contributed by atoms with Crippen LogP contribution in [0.15, 0.2) is 118 Å². The summed E-state index contributed by atoms with van der Waals surface area (Å²) in [6.45, 7) is 6.09. The lowest BCUT2D eigenvalue weighted by atomic mass is 9.96. The Hall–Kier alpha value is -4.60. The van der Waals surface area contributed by atoms with Crippen molar-refractivity contribution in [2.75, 3.05) is 18.2 Å². The topological polar surface area (TPSA) is 109 Å². The third-order valence-electron chi connectivity index (χ3n) is 8.91. The van der Waals surface area contributed by atoms with E-state index in [1.807, 2.05) is 98.3 Å². The Morgan fingerprint density at radius 1 is 1.04 bits per heavy atom. The highest BCUT2D eigenvalue weighted by atomic mass is 35.5. The average molecular weight is 637 g/mol. The largest absolute Gasteiger partial charge is 0.397 e. The van der Waals surface area contributed by atoms with E-state index in [1.54, 1.807) is 21.7 Å². The second kappa shape index (κ2) is 10.2. The van der Waals surface area contributed by atoms with Crippen molar-refractivity contribution in [1.29, 1.82) is 0 Å². The van der Waals surface area contributed by atoms with Crippen LogP contribution in [0.1, 0.15) is 19.4 Å². The van der Waals surface area contributed by atoms with Crippen LogP contribution in [-0.2, 0) is 9.07 Å². The molecule has 5 aromatic rings. The molecule has 2 aliphatic rings. The molecule has 2 N–H and O–H groups in total. The smallest absolute Gasteiger partial charge is 0.282 e. The number of benzene rings is 2. The summed E-state index contributed by atoms with van der Waals surface area (Å²) in [7, 11) is -3.18. The lowest BCUT2D eigenvalue weighted by molar-refractivity contribution is 0.474. The zero-order valence-electron chi connectivity index (χ0n) is 25.2. The maximum atomic E-state index is 14.3. The number of nitrogen functional groups attached to an aromatic ring is 1. The number of hydrogen-bond donors (Lipinski definition) is 1. The molecule has 1 fully saturated rings. The van der Waals surface area contributed by atoms with Crippen molar-refractivity contribution in [3.05, 3.63) is 119 Å². The van der Waals surface area contributed by atoms with E-state index in [4.69, 9.17) is 22.3 Å². The van der Waals surface area contributed by atoms with Gasteiger partial charge in [0.1, 0.15) is 12.2 Å². The predicted molar refractivity (Wildman–Crippen MR) is 183 cm³/mol. The Labute approximate surface area is 266 Å². The molecule has 0 aliphatic heterocycles. The van der Waals surface area contributed by atoms with Gasteiger partial charge in [-0.25, -0.2) is 9.97 Å². The molecule has 3 heterocycles. The van der Waals surface area contributed by atoms with Gasteiger partial charge in [0.05, 0.1) is 23.6 Å². The van der Waals surface area contributed by atoms with Gasteiger partial charge in [-0.3, -0.25) is 23.1 Å². The second-order valence-electron chi connectivity index (χ2n) is 12.5. The Morgan fingerprint density at radius 2 is 1.78 bits per heavy atom. The normalized spacial score (nSPS) is 20.5. The maximum absolute atomic E-state index is 14.3. The maximum Gasteiger partial charge on any atom is 0.282 e. The number of nitrogens with zero attached hydrogens (tertiary/aromatic N) is 5. The number of halogens is 1. The summed E-state index contributed by atoms with van der Waals surface area (Å²) >= 11 is 6.32. The van der Waals surface area contributed by atoms with Gasteiger partial charge < -0.3 is 5.73 Å². The van der Waals surface area contributed by atoms with Gasteiger partial charge in [0.2, 0.25) is 0 Å². The van der Waals surface area contributed by atoms with E-state index in [1.165, 1.54) is 0 Å². The number of rotatable bonds is 6. The molecule has 0 bridgehead atoms. The number of nitrogens with two attached hydrogens (primary N) is 1. The fraction of sp³-hybridized carbons (Fsp3) is 0.200. The summed E-state index contributed by atoms with van der Waals surface area (Å²) in [5, 5.41) is 0.594. The minimum absolute atomic E-state index is 0.0341. The van der Waals surface area contributed by atoms with E-state index < -0.39 is 9.07 Å².